The van der Waals surface area contributed by atoms with Crippen molar-refractivity contribution in [2.75, 3.05) is 0 Å². The molecular formula is C12H8INO2. The molecule has 0 saturated carbocycles. The van der Waals surface area contributed by atoms with Crippen LogP contribution in [0.25, 0.3) is 0 Å². The van der Waals surface area contributed by atoms with E-state index >= 15 is 0 Å². The minimum atomic E-state index is -0.363. The Kier molecular flexibility index (Phi) is 3.51. The second-order valence-corrected chi connectivity index (χ2v) is 4.22. The lowest BCUT2D eigenvalue weighted by atomic mass is 10.3. The second kappa shape index (κ2) is 5.07. The Morgan fingerprint density at radius 1 is 1.19 bits per heavy atom. The van der Waals surface area contributed by atoms with E-state index in [1.54, 1.807) is 30.6 Å². The second-order valence-electron chi connectivity index (χ2n) is 3.06. The number of pyridine rings is 1. The van der Waals surface area contributed by atoms with Crippen LogP contribution in [-0.4, -0.2) is 11.0 Å². The van der Waals surface area contributed by atoms with Gasteiger partial charge in [0, 0.05) is 16.0 Å². The van der Waals surface area contributed by atoms with E-state index in [4.69, 9.17) is 4.74 Å². The highest BCUT2D eigenvalue weighted by atomic mass is 127. The number of para-hydroxylation sites is 1. The van der Waals surface area contributed by atoms with Crippen LogP contribution in [0.3, 0.4) is 0 Å². The van der Waals surface area contributed by atoms with Gasteiger partial charge in [-0.15, -0.1) is 0 Å². The van der Waals surface area contributed by atoms with Crippen molar-refractivity contribution in [2.45, 2.75) is 0 Å². The van der Waals surface area contributed by atoms with Crippen molar-refractivity contribution in [3.8, 4) is 5.75 Å². The van der Waals surface area contributed by atoms with Crippen molar-refractivity contribution < 1.29 is 9.53 Å². The molecule has 2 aromatic rings. The van der Waals surface area contributed by atoms with Crippen molar-refractivity contribution >= 4 is 28.6 Å². The number of nitrogens with zero attached hydrogens (tertiary/aromatic N) is 1. The van der Waals surface area contributed by atoms with Crippen LogP contribution in [0.4, 0.5) is 0 Å². The first-order valence-corrected chi connectivity index (χ1v) is 5.72. The van der Waals surface area contributed by atoms with E-state index in [0.29, 0.717) is 11.3 Å². The lowest BCUT2D eigenvalue weighted by molar-refractivity contribution is 0.0733. The molecule has 1 heterocycles. The van der Waals surface area contributed by atoms with Crippen LogP contribution in [0.5, 0.6) is 5.75 Å². The zero-order valence-corrected chi connectivity index (χ0v) is 10.4. The molecule has 1 aromatic carbocycles. The lowest BCUT2D eigenvalue weighted by Gasteiger charge is -2.04. The number of carbonyl (C=O) groups is 1. The van der Waals surface area contributed by atoms with Crippen molar-refractivity contribution in [2.24, 2.45) is 0 Å². The zero-order valence-electron chi connectivity index (χ0n) is 8.26. The van der Waals surface area contributed by atoms with Gasteiger partial charge in [-0.25, -0.2) is 4.79 Å². The summed E-state index contributed by atoms with van der Waals surface area (Å²) in [6.45, 7) is 0. The summed E-state index contributed by atoms with van der Waals surface area (Å²) in [4.78, 5) is 15.7. The summed E-state index contributed by atoms with van der Waals surface area (Å²) in [7, 11) is 0. The molecule has 2 rings (SSSR count). The van der Waals surface area contributed by atoms with Gasteiger partial charge in [0.25, 0.3) is 0 Å². The van der Waals surface area contributed by atoms with E-state index in [2.05, 4.69) is 27.6 Å². The first kappa shape index (κ1) is 11.1. The van der Waals surface area contributed by atoms with Crippen molar-refractivity contribution in [3.05, 3.63) is 57.9 Å². The van der Waals surface area contributed by atoms with Crippen molar-refractivity contribution in [3.63, 3.8) is 0 Å². The summed E-state index contributed by atoms with van der Waals surface area (Å²) < 4.78 is 5.99. The minimum absolute atomic E-state index is 0.363. The predicted octanol–water partition coefficient (Wildman–Crippen LogP) is 2.91. The molecule has 0 aliphatic heterocycles. The first-order chi connectivity index (χ1) is 7.77. The fourth-order valence-corrected chi connectivity index (χ4v) is 1.75. The largest absolute Gasteiger partial charge is 0.423 e. The number of benzene rings is 1. The van der Waals surface area contributed by atoms with Gasteiger partial charge in [0.2, 0.25) is 0 Å². The highest BCUT2D eigenvalue weighted by Crippen LogP contribution is 2.15. The molecule has 0 unspecified atom stereocenters. The topological polar surface area (TPSA) is 39.2 Å². The molecule has 0 N–H and O–H groups in total. The SMILES string of the molecule is O=C(Oc1ccccc1)c1ccncc1I. The third kappa shape index (κ3) is 2.57. The molecule has 0 fully saturated rings. The van der Waals surface area contributed by atoms with Gasteiger partial charge in [-0.1, -0.05) is 18.2 Å². The van der Waals surface area contributed by atoms with Gasteiger partial charge in [-0.05, 0) is 40.8 Å². The monoisotopic (exact) mass is 325 g/mol. The summed E-state index contributed by atoms with van der Waals surface area (Å²) in [6.07, 6.45) is 3.20. The maximum Gasteiger partial charge on any atom is 0.344 e. The molecule has 0 aliphatic rings. The number of hydrogen-bond donors (Lipinski definition) is 0. The normalized spacial score (nSPS) is 9.81. The lowest BCUT2D eigenvalue weighted by Crippen LogP contribution is -2.10. The third-order valence-corrected chi connectivity index (χ3v) is 2.81. The number of aromatic nitrogens is 1. The van der Waals surface area contributed by atoms with E-state index in [0.717, 1.165) is 3.57 Å². The summed E-state index contributed by atoms with van der Waals surface area (Å²) in [6, 6.07) is 10.6. The van der Waals surface area contributed by atoms with Gasteiger partial charge in [0.05, 0.1) is 5.56 Å². The molecule has 0 atom stereocenters. The molecule has 0 bridgehead atoms. The average molecular weight is 325 g/mol. The molecule has 0 amide bonds. The summed E-state index contributed by atoms with van der Waals surface area (Å²) in [5, 5.41) is 0. The Hall–Kier alpha value is -1.43. The fraction of sp³-hybridized carbons (Fsp3) is 0. The van der Waals surface area contributed by atoms with E-state index in [1.165, 1.54) is 0 Å². The number of ether oxygens (including phenoxy) is 1. The maximum atomic E-state index is 11.8. The van der Waals surface area contributed by atoms with Gasteiger partial charge in [-0.3, -0.25) is 4.98 Å². The number of hydrogen-bond acceptors (Lipinski definition) is 3. The number of esters is 1. The molecule has 0 saturated heterocycles. The standard InChI is InChI=1S/C12H8INO2/c13-11-8-14-7-6-10(11)12(15)16-9-4-2-1-3-5-9/h1-8H. The molecule has 16 heavy (non-hydrogen) atoms. The van der Waals surface area contributed by atoms with Crippen molar-refractivity contribution in [1.29, 1.82) is 0 Å². The van der Waals surface area contributed by atoms with Crippen LogP contribution in [-0.2, 0) is 0 Å². The van der Waals surface area contributed by atoms with Crippen LogP contribution in [0.15, 0.2) is 48.8 Å². The van der Waals surface area contributed by atoms with E-state index in [9.17, 15) is 4.79 Å². The Labute approximate surface area is 107 Å². The van der Waals surface area contributed by atoms with Crippen LogP contribution < -0.4 is 4.74 Å². The van der Waals surface area contributed by atoms with Gasteiger partial charge < -0.3 is 4.74 Å². The van der Waals surface area contributed by atoms with Gasteiger partial charge in [0.15, 0.2) is 0 Å². The first-order valence-electron chi connectivity index (χ1n) is 4.64. The number of halogens is 1. The number of rotatable bonds is 2. The van der Waals surface area contributed by atoms with Crippen LogP contribution >= 0.6 is 22.6 Å². The van der Waals surface area contributed by atoms with Crippen LogP contribution in [0.1, 0.15) is 10.4 Å². The Morgan fingerprint density at radius 2 is 1.94 bits per heavy atom. The molecule has 3 nitrogen and oxygen atoms in total. The average Bonchev–Trinajstić information content (AvgIpc) is 2.31. The van der Waals surface area contributed by atoms with E-state index in [1.807, 2.05) is 18.2 Å². The molecule has 0 radical (unpaired) electrons. The smallest absolute Gasteiger partial charge is 0.344 e. The van der Waals surface area contributed by atoms with Gasteiger partial charge >= 0.3 is 5.97 Å². The third-order valence-electron chi connectivity index (χ3n) is 1.95. The summed E-state index contributed by atoms with van der Waals surface area (Å²) in [5.41, 5.74) is 0.527. The van der Waals surface area contributed by atoms with E-state index < -0.39 is 0 Å². The Bertz CT molecular complexity index is 499. The number of carbonyl (C=O) groups excluding carboxylic acids is 1. The zero-order chi connectivity index (χ0) is 11.4. The summed E-state index contributed by atoms with van der Waals surface area (Å²) in [5.74, 6) is 0.179. The molecule has 80 valence electrons. The minimum Gasteiger partial charge on any atom is -0.423 e. The summed E-state index contributed by atoms with van der Waals surface area (Å²) >= 11 is 2.05. The molecule has 4 heteroatoms. The fourth-order valence-electron chi connectivity index (χ4n) is 1.19. The van der Waals surface area contributed by atoms with Crippen molar-refractivity contribution in [1.82, 2.24) is 4.98 Å². The van der Waals surface area contributed by atoms with Gasteiger partial charge in [-0.2, -0.15) is 0 Å². The van der Waals surface area contributed by atoms with Crippen LogP contribution in [0, 0.1) is 3.57 Å². The van der Waals surface area contributed by atoms with Crippen LogP contribution in [0.2, 0.25) is 0 Å². The highest BCUT2D eigenvalue weighted by molar-refractivity contribution is 14.1. The predicted molar refractivity (Wildman–Crippen MR) is 68.4 cm³/mol. The maximum absolute atomic E-state index is 11.8. The van der Waals surface area contributed by atoms with Gasteiger partial charge in [0.1, 0.15) is 5.75 Å². The highest BCUT2D eigenvalue weighted by Gasteiger charge is 2.11. The molecular weight excluding hydrogens is 317 g/mol. The quantitative estimate of drug-likeness (QED) is 0.484. The molecule has 0 aliphatic carbocycles. The molecule has 1 aromatic heterocycles. The Morgan fingerprint density at radius 3 is 2.62 bits per heavy atom. The molecule has 0 spiro atoms. The Balaban J connectivity index is 2.19. The van der Waals surface area contributed by atoms with E-state index in [-0.39, 0.29) is 5.97 Å².